The van der Waals surface area contributed by atoms with E-state index < -0.39 is 29.9 Å². The van der Waals surface area contributed by atoms with Gasteiger partial charge in [0.2, 0.25) is 0 Å². The van der Waals surface area contributed by atoms with Crippen LogP contribution < -0.4 is 15.6 Å². The van der Waals surface area contributed by atoms with Gasteiger partial charge in [0.25, 0.3) is 11.5 Å². The number of hydrogen-bond donors (Lipinski definition) is 1. The van der Waals surface area contributed by atoms with Gasteiger partial charge in [0, 0.05) is 10.8 Å². The van der Waals surface area contributed by atoms with Crippen molar-refractivity contribution in [3.63, 3.8) is 0 Å². The Morgan fingerprint density at radius 3 is 2.63 bits per heavy atom. The van der Waals surface area contributed by atoms with Crippen LogP contribution in [0.5, 0.6) is 5.75 Å². The number of aryl methyl sites for hydroxylation is 2. The molecule has 0 aliphatic rings. The van der Waals surface area contributed by atoms with E-state index in [-0.39, 0.29) is 33.8 Å². The number of benzene rings is 2. The first-order valence-electron chi connectivity index (χ1n) is 10.8. The van der Waals surface area contributed by atoms with Crippen LogP contribution in [0, 0.1) is 19.7 Å². The second-order valence-corrected chi connectivity index (χ2v) is 8.56. The molecule has 0 radical (unpaired) electrons. The molecule has 35 heavy (non-hydrogen) atoms. The predicted molar refractivity (Wildman–Crippen MR) is 131 cm³/mol. The molecule has 180 valence electrons. The van der Waals surface area contributed by atoms with Crippen molar-refractivity contribution in [3.05, 3.63) is 80.8 Å². The monoisotopic (exact) mass is 495 g/mol. The van der Waals surface area contributed by atoms with Gasteiger partial charge in [-0.15, -0.1) is 11.3 Å². The SMILES string of the molecule is CCOC(=O)c1nn(-c2ccc(C)c(C)c2)c(=O)c2c(NC(=O)COc3ccccc3F)scc12. The lowest BCUT2D eigenvalue weighted by Crippen LogP contribution is -2.26. The van der Waals surface area contributed by atoms with Crippen molar-refractivity contribution in [2.45, 2.75) is 20.8 Å². The number of aromatic nitrogens is 2. The van der Waals surface area contributed by atoms with Crippen LogP contribution in [0.1, 0.15) is 28.5 Å². The highest BCUT2D eigenvalue weighted by Crippen LogP contribution is 2.31. The molecule has 0 saturated carbocycles. The normalized spacial score (nSPS) is 10.9. The summed E-state index contributed by atoms with van der Waals surface area (Å²) >= 11 is 1.07. The number of nitrogens with zero attached hydrogens (tertiary/aromatic N) is 2. The Morgan fingerprint density at radius 1 is 1.14 bits per heavy atom. The summed E-state index contributed by atoms with van der Waals surface area (Å²) in [5.41, 5.74) is 1.89. The highest BCUT2D eigenvalue weighted by molar-refractivity contribution is 7.16. The van der Waals surface area contributed by atoms with Crippen LogP contribution in [0.15, 0.2) is 52.6 Å². The second kappa shape index (κ2) is 10.1. The molecule has 1 amide bonds. The van der Waals surface area contributed by atoms with E-state index in [1.165, 1.54) is 18.2 Å². The Bertz CT molecular complexity index is 1490. The van der Waals surface area contributed by atoms with E-state index in [4.69, 9.17) is 9.47 Å². The van der Waals surface area contributed by atoms with Crippen molar-refractivity contribution < 1.29 is 23.5 Å². The highest BCUT2D eigenvalue weighted by Gasteiger charge is 2.23. The molecule has 0 saturated heterocycles. The summed E-state index contributed by atoms with van der Waals surface area (Å²) in [6.45, 7) is 5.18. The average molecular weight is 496 g/mol. The van der Waals surface area contributed by atoms with Crippen molar-refractivity contribution in [1.82, 2.24) is 9.78 Å². The van der Waals surface area contributed by atoms with Gasteiger partial charge in [-0.2, -0.15) is 9.78 Å². The molecule has 1 N–H and O–H groups in total. The molecule has 8 nitrogen and oxygen atoms in total. The van der Waals surface area contributed by atoms with E-state index in [0.717, 1.165) is 27.1 Å². The fraction of sp³-hybridized carbons (Fsp3) is 0.200. The number of amides is 1. The summed E-state index contributed by atoms with van der Waals surface area (Å²) in [6, 6.07) is 11.1. The molecule has 0 bridgehead atoms. The summed E-state index contributed by atoms with van der Waals surface area (Å²) in [6.07, 6.45) is 0. The number of rotatable bonds is 7. The molecule has 2 aromatic heterocycles. The van der Waals surface area contributed by atoms with E-state index in [9.17, 15) is 18.8 Å². The van der Waals surface area contributed by atoms with E-state index in [0.29, 0.717) is 5.69 Å². The van der Waals surface area contributed by atoms with Crippen LogP contribution >= 0.6 is 11.3 Å². The minimum atomic E-state index is -0.686. The Balaban J connectivity index is 1.74. The smallest absolute Gasteiger partial charge is 0.359 e. The maximum Gasteiger partial charge on any atom is 0.359 e. The van der Waals surface area contributed by atoms with Gasteiger partial charge in [-0.05, 0) is 56.2 Å². The number of carbonyl (C=O) groups is 2. The zero-order chi connectivity index (χ0) is 25.1. The van der Waals surface area contributed by atoms with E-state index in [2.05, 4.69) is 10.4 Å². The third-order valence-electron chi connectivity index (χ3n) is 5.30. The number of thiophene rings is 1. The lowest BCUT2D eigenvalue weighted by Gasteiger charge is -2.11. The van der Waals surface area contributed by atoms with Crippen molar-refractivity contribution in [3.8, 4) is 11.4 Å². The Hall–Kier alpha value is -4.05. The first kappa shape index (κ1) is 24.1. The molecule has 0 atom stereocenters. The van der Waals surface area contributed by atoms with Gasteiger partial charge in [-0.25, -0.2) is 9.18 Å². The maximum absolute atomic E-state index is 13.8. The van der Waals surface area contributed by atoms with Gasteiger partial charge < -0.3 is 14.8 Å². The minimum Gasteiger partial charge on any atom is -0.481 e. The van der Waals surface area contributed by atoms with Crippen LogP contribution in [0.25, 0.3) is 16.5 Å². The Labute approximate surface area is 203 Å². The van der Waals surface area contributed by atoms with E-state index in [1.54, 1.807) is 30.5 Å². The van der Waals surface area contributed by atoms with Crippen molar-refractivity contribution in [2.75, 3.05) is 18.5 Å². The van der Waals surface area contributed by atoms with Gasteiger partial charge in [0.15, 0.2) is 23.9 Å². The van der Waals surface area contributed by atoms with Gasteiger partial charge in [-0.3, -0.25) is 9.59 Å². The lowest BCUT2D eigenvalue weighted by molar-refractivity contribution is -0.118. The summed E-state index contributed by atoms with van der Waals surface area (Å²) in [4.78, 5) is 38.7. The van der Waals surface area contributed by atoms with Gasteiger partial charge in [0.1, 0.15) is 5.00 Å². The van der Waals surface area contributed by atoms with Crippen molar-refractivity contribution in [1.29, 1.82) is 0 Å². The molecule has 0 aliphatic carbocycles. The van der Waals surface area contributed by atoms with Crippen molar-refractivity contribution >= 4 is 39.0 Å². The second-order valence-electron chi connectivity index (χ2n) is 7.68. The Morgan fingerprint density at radius 2 is 1.91 bits per heavy atom. The average Bonchev–Trinajstić information content (AvgIpc) is 3.25. The standard InChI is InChI=1S/C25H22FN3O5S/c1-4-33-25(32)22-17-13-35-23(27-20(30)12-34-19-8-6-5-7-18(19)26)21(17)24(31)29(28-22)16-10-9-14(2)15(3)11-16/h5-11,13H,4,12H2,1-3H3,(H,27,30). The zero-order valence-electron chi connectivity index (χ0n) is 19.3. The quantitative estimate of drug-likeness (QED) is 0.382. The van der Waals surface area contributed by atoms with Crippen LogP contribution in [-0.2, 0) is 9.53 Å². The number of carbonyl (C=O) groups excluding carboxylic acids is 2. The summed E-state index contributed by atoms with van der Waals surface area (Å²) in [7, 11) is 0. The summed E-state index contributed by atoms with van der Waals surface area (Å²) in [5, 5.41) is 9.09. The van der Waals surface area contributed by atoms with Gasteiger partial charge in [0.05, 0.1) is 17.7 Å². The van der Waals surface area contributed by atoms with E-state index >= 15 is 0 Å². The largest absolute Gasteiger partial charge is 0.481 e. The molecular weight excluding hydrogens is 473 g/mol. The number of halogens is 1. The number of para-hydroxylation sites is 1. The first-order chi connectivity index (χ1) is 16.8. The predicted octanol–water partition coefficient (Wildman–Crippen LogP) is 4.40. The lowest BCUT2D eigenvalue weighted by atomic mass is 10.1. The summed E-state index contributed by atoms with van der Waals surface area (Å²) in [5.74, 6) is -1.94. The fourth-order valence-corrected chi connectivity index (χ4v) is 4.35. The molecule has 2 aromatic carbocycles. The number of esters is 1. The molecule has 2 heterocycles. The van der Waals surface area contributed by atoms with Crippen molar-refractivity contribution in [2.24, 2.45) is 0 Å². The molecule has 10 heteroatoms. The molecule has 0 fully saturated rings. The number of nitrogens with one attached hydrogen (secondary N) is 1. The molecule has 0 spiro atoms. The molecule has 4 rings (SSSR count). The van der Waals surface area contributed by atoms with E-state index in [1.807, 2.05) is 19.9 Å². The number of fused-ring (bicyclic) bond motifs is 1. The number of hydrogen-bond acceptors (Lipinski definition) is 7. The highest BCUT2D eigenvalue weighted by atomic mass is 32.1. The van der Waals surface area contributed by atoms with Crippen LogP contribution in [-0.4, -0.2) is 34.9 Å². The van der Waals surface area contributed by atoms with Crippen LogP contribution in [0.3, 0.4) is 0 Å². The molecule has 0 unspecified atom stereocenters. The first-order valence-corrected chi connectivity index (χ1v) is 11.6. The third kappa shape index (κ3) is 4.92. The maximum atomic E-state index is 13.8. The topological polar surface area (TPSA) is 99.5 Å². The third-order valence-corrected chi connectivity index (χ3v) is 6.20. The van der Waals surface area contributed by atoms with Crippen LogP contribution in [0.4, 0.5) is 9.39 Å². The summed E-state index contributed by atoms with van der Waals surface area (Å²) < 4.78 is 25.3. The molecular formula is C25H22FN3O5S. The van der Waals surface area contributed by atoms with Crippen LogP contribution in [0.2, 0.25) is 0 Å². The van der Waals surface area contributed by atoms with Gasteiger partial charge >= 0.3 is 5.97 Å². The van der Waals surface area contributed by atoms with Gasteiger partial charge in [-0.1, -0.05) is 18.2 Å². The Kier molecular flexibility index (Phi) is 6.92. The number of anilines is 1. The molecule has 4 aromatic rings. The molecule has 0 aliphatic heterocycles. The number of ether oxygens (including phenoxy) is 2. The fourth-order valence-electron chi connectivity index (χ4n) is 3.39. The zero-order valence-corrected chi connectivity index (χ0v) is 20.1. The minimum absolute atomic E-state index is 0.0426.